The van der Waals surface area contributed by atoms with Gasteiger partial charge < -0.3 is 15.4 Å². The average molecular weight is 315 g/mol. The van der Waals surface area contributed by atoms with E-state index >= 15 is 0 Å². The fourth-order valence-corrected chi connectivity index (χ4v) is 2.22. The van der Waals surface area contributed by atoms with E-state index in [4.69, 9.17) is 10.5 Å². The minimum Gasteiger partial charge on any atom is -0.496 e. The Morgan fingerprint density at radius 1 is 1.56 bits per heavy atom. The topological polar surface area (TPSA) is 55.6 Å². The molecule has 0 bridgehead atoms. The van der Waals surface area contributed by atoms with Gasteiger partial charge in [-0.25, -0.2) is 0 Å². The van der Waals surface area contributed by atoms with E-state index < -0.39 is 0 Å². The van der Waals surface area contributed by atoms with Crippen molar-refractivity contribution in [3.05, 3.63) is 22.7 Å². The summed E-state index contributed by atoms with van der Waals surface area (Å²) in [4.78, 5) is 13.8. The highest BCUT2D eigenvalue weighted by Gasteiger charge is 2.18. The van der Waals surface area contributed by atoms with E-state index in [1.54, 1.807) is 19.1 Å². The van der Waals surface area contributed by atoms with Crippen molar-refractivity contribution in [2.45, 2.75) is 13.3 Å². The number of halogens is 1. The van der Waals surface area contributed by atoms with Crippen molar-refractivity contribution in [2.75, 3.05) is 25.6 Å². The molecule has 1 unspecified atom stereocenters. The third-order valence-corrected chi connectivity index (χ3v) is 3.49. The predicted octanol–water partition coefficient (Wildman–Crippen LogP) is 2.41. The Morgan fingerprint density at radius 3 is 2.72 bits per heavy atom. The second kappa shape index (κ2) is 6.75. The van der Waals surface area contributed by atoms with E-state index in [1.807, 2.05) is 25.1 Å². The van der Waals surface area contributed by atoms with E-state index in [1.165, 1.54) is 0 Å². The van der Waals surface area contributed by atoms with Crippen LogP contribution in [-0.2, 0) is 4.79 Å². The molecule has 0 spiro atoms. The molecular weight excluding hydrogens is 296 g/mol. The SMILES string of the molecule is COc1ccc(N(C)C(=O)C(C)CCN)cc1Br. The molecule has 0 aliphatic heterocycles. The number of amides is 1. The fourth-order valence-electron chi connectivity index (χ4n) is 1.70. The molecule has 0 fully saturated rings. The van der Waals surface area contributed by atoms with Crippen molar-refractivity contribution in [1.82, 2.24) is 0 Å². The van der Waals surface area contributed by atoms with Crippen LogP contribution >= 0.6 is 15.9 Å². The standard InChI is InChI=1S/C13H19BrN2O2/c1-9(6-7-15)13(17)16(2)10-4-5-12(18-3)11(14)8-10/h4-5,8-9H,6-7,15H2,1-3H3. The number of anilines is 1. The number of carbonyl (C=O) groups is 1. The highest BCUT2D eigenvalue weighted by atomic mass is 79.9. The summed E-state index contributed by atoms with van der Waals surface area (Å²) < 4.78 is 5.99. The molecule has 0 saturated carbocycles. The zero-order valence-corrected chi connectivity index (χ0v) is 12.5. The molecule has 1 aromatic carbocycles. The number of methoxy groups -OCH3 is 1. The maximum Gasteiger partial charge on any atom is 0.229 e. The number of carbonyl (C=O) groups excluding carboxylic acids is 1. The van der Waals surface area contributed by atoms with Crippen molar-refractivity contribution in [2.24, 2.45) is 11.7 Å². The van der Waals surface area contributed by atoms with Gasteiger partial charge in [0.1, 0.15) is 5.75 Å². The quantitative estimate of drug-likeness (QED) is 0.908. The molecule has 2 N–H and O–H groups in total. The lowest BCUT2D eigenvalue weighted by atomic mass is 10.1. The molecule has 1 atom stereocenters. The van der Waals surface area contributed by atoms with Gasteiger partial charge in [0.15, 0.2) is 0 Å². The van der Waals surface area contributed by atoms with E-state index in [0.29, 0.717) is 13.0 Å². The molecule has 18 heavy (non-hydrogen) atoms. The number of benzene rings is 1. The zero-order valence-electron chi connectivity index (χ0n) is 10.9. The minimum absolute atomic E-state index is 0.0671. The molecule has 0 aliphatic rings. The van der Waals surface area contributed by atoms with Gasteiger partial charge in [-0.2, -0.15) is 0 Å². The molecule has 0 aliphatic carbocycles. The summed E-state index contributed by atoms with van der Waals surface area (Å²) in [5.74, 6) is 0.744. The number of nitrogens with zero attached hydrogens (tertiary/aromatic N) is 1. The van der Waals surface area contributed by atoms with Crippen molar-refractivity contribution in [1.29, 1.82) is 0 Å². The normalized spacial score (nSPS) is 12.1. The number of hydrogen-bond donors (Lipinski definition) is 1. The van der Waals surface area contributed by atoms with Crippen LogP contribution in [0.4, 0.5) is 5.69 Å². The van der Waals surface area contributed by atoms with Crippen LogP contribution in [0.3, 0.4) is 0 Å². The monoisotopic (exact) mass is 314 g/mol. The zero-order chi connectivity index (χ0) is 13.7. The molecule has 100 valence electrons. The first-order chi connectivity index (χ1) is 8.51. The molecule has 4 nitrogen and oxygen atoms in total. The smallest absolute Gasteiger partial charge is 0.229 e. The molecule has 0 aromatic heterocycles. The lowest BCUT2D eigenvalue weighted by Gasteiger charge is -2.22. The molecular formula is C13H19BrN2O2. The second-order valence-electron chi connectivity index (χ2n) is 4.19. The minimum atomic E-state index is -0.0686. The van der Waals surface area contributed by atoms with Crippen molar-refractivity contribution < 1.29 is 9.53 Å². The summed E-state index contributed by atoms with van der Waals surface area (Å²) in [5.41, 5.74) is 6.30. The Bertz CT molecular complexity index is 423. The Balaban J connectivity index is 2.87. The Kier molecular flexibility index (Phi) is 5.62. The molecule has 1 rings (SSSR count). The van der Waals surface area contributed by atoms with Crippen LogP contribution in [0.1, 0.15) is 13.3 Å². The van der Waals surface area contributed by atoms with Crippen molar-refractivity contribution in [3.8, 4) is 5.75 Å². The van der Waals surface area contributed by atoms with Crippen molar-refractivity contribution >= 4 is 27.5 Å². The largest absolute Gasteiger partial charge is 0.496 e. The third-order valence-electron chi connectivity index (χ3n) is 2.87. The third kappa shape index (κ3) is 3.46. The molecule has 1 amide bonds. The number of ether oxygens (including phenoxy) is 1. The van der Waals surface area contributed by atoms with Crippen LogP contribution in [0.2, 0.25) is 0 Å². The number of nitrogens with two attached hydrogens (primary N) is 1. The molecule has 0 radical (unpaired) electrons. The lowest BCUT2D eigenvalue weighted by molar-refractivity contribution is -0.121. The van der Waals surface area contributed by atoms with E-state index in [2.05, 4.69) is 15.9 Å². The van der Waals surface area contributed by atoms with Gasteiger partial charge in [-0.3, -0.25) is 4.79 Å². The summed E-state index contributed by atoms with van der Waals surface area (Å²) in [5, 5.41) is 0. The maximum absolute atomic E-state index is 12.1. The van der Waals surface area contributed by atoms with Crippen LogP contribution in [-0.4, -0.2) is 26.6 Å². The summed E-state index contributed by atoms with van der Waals surface area (Å²) >= 11 is 3.41. The summed E-state index contributed by atoms with van der Waals surface area (Å²) in [6, 6.07) is 5.55. The summed E-state index contributed by atoms with van der Waals surface area (Å²) in [7, 11) is 3.38. The van der Waals surface area contributed by atoms with Crippen LogP contribution in [0.15, 0.2) is 22.7 Å². The first kappa shape index (κ1) is 15.0. The van der Waals surface area contributed by atoms with Crippen LogP contribution < -0.4 is 15.4 Å². The van der Waals surface area contributed by atoms with Crippen molar-refractivity contribution in [3.63, 3.8) is 0 Å². The summed E-state index contributed by atoms with van der Waals surface area (Å²) in [6.07, 6.45) is 0.695. The molecule has 0 heterocycles. The second-order valence-corrected chi connectivity index (χ2v) is 5.05. The van der Waals surface area contributed by atoms with Gasteiger partial charge in [0, 0.05) is 18.7 Å². The van der Waals surface area contributed by atoms with Crippen LogP contribution in [0.25, 0.3) is 0 Å². The summed E-state index contributed by atoms with van der Waals surface area (Å²) in [6.45, 7) is 2.41. The Labute approximate surface area is 116 Å². The van der Waals surface area contributed by atoms with E-state index in [9.17, 15) is 4.79 Å². The predicted molar refractivity (Wildman–Crippen MR) is 76.9 cm³/mol. The van der Waals surface area contributed by atoms with E-state index in [-0.39, 0.29) is 11.8 Å². The van der Waals surface area contributed by atoms with Gasteiger partial charge in [0.25, 0.3) is 0 Å². The highest BCUT2D eigenvalue weighted by Crippen LogP contribution is 2.29. The number of hydrogen-bond acceptors (Lipinski definition) is 3. The molecule has 0 saturated heterocycles. The molecule has 5 heteroatoms. The van der Waals surface area contributed by atoms with Gasteiger partial charge in [-0.05, 0) is 47.1 Å². The highest BCUT2D eigenvalue weighted by molar-refractivity contribution is 9.10. The van der Waals surface area contributed by atoms with Gasteiger partial charge >= 0.3 is 0 Å². The first-order valence-corrected chi connectivity index (χ1v) is 6.61. The lowest BCUT2D eigenvalue weighted by Crippen LogP contribution is -2.32. The fraction of sp³-hybridized carbons (Fsp3) is 0.462. The Hall–Kier alpha value is -1.07. The number of rotatable bonds is 5. The van der Waals surface area contributed by atoms with Crippen LogP contribution in [0, 0.1) is 5.92 Å². The first-order valence-electron chi connectivity index (χ1n) is 5.82. The van der Waals surface area contributed by atoms with E-state index in [0.717, 1.165) is 15.9 Å². The maximum atomic E-state index is 12.1. The molecule has 1 aromatic rings. The van der Waals surface area contributed by atoms with Gasteiger partial charge in [0.2, 0.25) is 5.91 Å². The van der Waals surface area contributed by atoms with Gasteiger partial charge in [-0.1, -0.05) is 6.92 Å². The van der Waals surface area contributed by atoms with Gasteiger partial charge in [0.05, 0.1) is 11.6 Å². The van der Waals surface area contributed by atoms with Crippen LogP contribution in [0.5, 0.6) is 5.75 Å². The Morgan fingerprint density at radius 2 is 2.22 bits per heavy atom. The average Bonchev–Trinajstić information content (AvgIpc) is 2.37. The van der Waals surface area contributed by atoms with Gasteiger partial charge in [-0.15, -0.1) is 0 Å².